The third-order valence-corrected chi connectivity index (χ3v) is 4.91. The summed E-state index contributed by atoms with van der Waals surface area (Å²) in [5, 5.41) is 3.93. The predicted octanol–water partition coefficient (Wildman–Crippen LogP) is 3.84. The number of piperazine rings is 1. The second kappa shape index (κ2) is 8.27. The zero-order chi connectivity index (χ0) is 19.3. The summed E-state index contributed by atoms with van der Waals surface area (Å²) in [6, 6.07) is 15.1. The fourth-order valence-corrected chi connectivity index (χ4v) is 3.31. The van der Waals surface area contributed by atoms with Crippen LogP contribution in [-0.4, -0.2) is 47.0 Å². The lowest BCUT2D eigenvalue weighted by Crippen LogP contribution is -2.49. The molecule has 2 aromatic heterocycles. The SMILES string of the molecule is O=C(c1cncc(Nc2ccc(Cl)cc2)c1)N1CCN(c2ccccn2)CC1. The number of hydrogen-bond donors (Lipinski definition) is 1. The van der Waals surface area contributed by atoms with Gasteiger partial charge in [-0.25, -0.2) is 4.98 Å². The number of carbonyl (C=O) groups is 1. The van der Waals surface area contributed by atoms with Crippen LogP contribution in [0.2, 0.25) is 5.02 Å². The van der Waals surface area contributed by atoms with E-state index < -0.39 is 0 Å². The van der Waals surface area contributed by atoms with E-state index in [0.29, 0.717) is 23.7 Å². The standard InChI is InChI=1S/C21H20ClN5O/c22-17-4-6-18(7-5-17)25-19-13-16(14-23-15-19)21(28)27-11-9-26(10-12-27)20-3-1-2-8-24-20/h1-8,13-15,25H,9-12H2. The molecule has 0 radical (unpaired) electrons. The molecule has 1 aliphatic rings. The fourth-order valence-electron chi connectivity index (χ4n) is 3.19. The van der Waals surface area contributed by atoms with E-state index in [0.717, 1.165) is 30.3 Å². The van der Waals surface area contributed by atoms with Crippen molar-refractivity contribution in [3.8, 4) is 0 Å². The summed E-state index contributed by atoms with van der Waals surface area (Å²) in [6.45, 7) is 2.84. The van der Waals surface area contributed by atoms with Crippen molar-refractivity contribution in [3.63, 3.8) is 0 Å². The molecule has 6 nitrogen and oxygen atoms in total. The van der Waals surface area contributed by atoms with Crippen LogP contribution in [0.15, 0.2) is 67.1 Å². The number of anilines is 3. The molecule has 1 amide bonds. The van der Waals surface area contributed by atoms with Gasteiger partial charge in [-0.15, -0.1) is 0 Å². The van der Waals surface area contributed by atoms with Gasteiger partial charge in [-0.1, -0.05) is 17.7 Å². The minimum Gasteiger partial charge on any atom is -0.354 e. The van der Waals surface area contributed by atoms with Crippen LogP contribution >= 0.6 is 11.6 Å². The maximum Gasteiger partial charge on any atom is 0.255 e. The highest BCUT2D eigenvalue weighted by atomic mass is 35.5. The molecule has 0 unspecified atom stereocenters. The van der Waals surface area contributed by atoms with Crippen LogP contribution in [0.3, 0.4) is 0 Å². The zero-order valence-corrected chi connectivity index (χ0v) is 16.0. The first-order chi connectivity index (χ1) is 13.7. The van der Waals surface area contributed by atoms with Gasteiger partial charge in [-0.3, -0.25) is 9.78 Å². The van der Waals surface area contributed by atoms with E-state index in [9.17, 15) is 4.79 Å². The van der Waals surface area contributed by atoms with Gasteiger partial charge in [0.05, 0.1) is 17.4 Å². The Morgan fingerprint density at radius 2 is 1.75 bits per heavy atom. The number of hydrogen-bond acceptors (Lipinski definition) is 5. The van der Waals surface area contributed by atoms with Gasteiger partial charge in [0.25, 0.3) is 5.91 Å². The third kappa shape index (κ3) is 4.23. The largest absolute Gasteiger partial charge is 0.354 e. The summed E-state index contributed by atoms with van der Waals surface area (Å²) >= 11 is 5.92. The van der Waals surface area contributed by atoms with Gasteiger partial charge < -0.3 is 15.1 Å². The number of carbonyl (C=O) groups excluding carboxylic acids is 1. The average Bonchev–Trinajstić information content (AvgIpc) is 2.76. The summed E-state index contributed by atoms with van der Waals surface area (Å²) in [7, 11) is 0. The molecule has 0 spiro atoms. The van der Waals surface area contributed by atoms with Crippen molar-refractivity contribution in [1.29, 1.82) is 0 Å². The molecule has 3 aromatic rings. The van der Waals surface area contributed by atoms with Gasteiger partial charge in [0.1, 0.15) is 5.82 Å². The molecule has 142 valence electrons. The monoisotopic (exact) mass is 393 g/mol. The quantitative estimate of drug-likeness (QED) is 0.729. The van der Waals surface area contributed by atoms with E-state index in [2.05, 4.69) is 20.2 Å². The van der Waals surface area contributed by atoms with Gasteiger partial charge >= 0.3 is 0 Å². The Morgan fingerprint density at radius 1 is 0.964 bits per heavy atom. The molecule has 1 N–H and O–H groups in total. The minimum absolute atomic E-state index is 0.00655. The Bertz CT molecular complexity index is 941. The maximum atomic E-state index is 12.9. The third-order valence-electron chi connectivity index (χ3n) is 4.66. The molecule has 4 rings (SSSR count). The second-order valence-electron chi connectivity index (χ2n) is 6.56. The molecule has 0 aliphatic carbocycles. The number of halogens is 1. The highest BCUT2D eigenvalue weighted by Crippen LogP contribution is 2.20. The minimum atomic E-state index is -0.00655. The topological polar surface area (TPSA) is 61.4 Å². The van der Waals surface area contributed by atoms with Gasteiger partial charge in [0.2, 0.25) is 0 Å². The molecule has 1 fully saturated rings. The van der Waals surface area contributed by atoms with E-state index in [1.807, 2.05) is 53.4 Å². The Kier molecular flexibility index (Phi) is 5.39. The number of nitrogens with zero attached hydrogens (tertiary/aromatic N) is 4. The number of rotatable bonds is 4. The smallest absolute Gasteiger partial charge is 0.255 e. The van der Waals surface area contributed by atoms with Crippen LogP contribution in [0.1, 0.15) is 10.4 Å². The number of aromatic nitrogens is 2. The Labute approximate surface area is 168 Å². The Balaban J connectivity index is 1.40. The molecule has 1 aliphatic heterocycles. The van der Waals surface area contributed by atoms with Crippen molar-refractivity contribution < 1.29 is 4.79 Å². The van der Waals surface area contributed by atoms with Crippen LogP contribution in [0, 0.1) is 0 Å². The molecule has 0 bridgehead atoms. The summed E-state index contributed by atoms with van der Waals surface area (Å²) in [6.07, 6.45) is 5.10. The summed E-state index contributed by atoms with van der Waals surface area (Å²) in [4.78, 5) is 25.6. The van der Waals surface area contributed by atoms with Crippen LogP contribution < -0.4 is 10.2 Å². The van der Waals surface area contributed by atoms with E-state index in [-0.39, 0.29) is 5.91 Å². The average molecular weight is 394 g/mol. The molecular weight excluding hydrogens is 374 g/mol. The Hall–Kier alpha value is -3.12. The van der Waals surface area contributed by atoms with E-state index in [1.54, 1.807) is 18.6 Å². The lowest BCUT2D eigenvalue weighted by Gasteiger charge is -2.35. The normalized spacial score (nSPS) is 14.0. The van der Waals surface area contributed by atoms with E-state index in [4.69, 9.17) is 11.6 Å². The molecule has 0 atom stereocenters. The lowest BCUT2D eigenvalue weighted by atomic mass is 10.2. The van der Waals surface area contributed by atoms with Gasteiger partial charge in [-0.05, 0) is 42.5 Å². The molecule has 1 saturated heterocycles. The van der Waals surface area contributed by atoms with Crippen molar-refractivity contribution in [2.24, 2.45) is 0 Å². The van der Waals surface area contributed by atoms with Crippen molar-refractivity contribution >= 4 is 34.7 Å². The predicted molar refractivity (Wildman–Crippen MR) is 111 cm³/mol. The summed E-state index contributed by atoms with van der Waals surface area (Å²) < 4.78 is 0. The number of benzene rings is 1. The first-order valence-electron chi connectivity index (χ1n) is 9.12. The van der Waals surface area contributed by atoms with E-state index >= 15 is 0 Å². The highest BCUT2D eigenvalue weighted by Gasteiger charge is 2.23. The molecule has 7 heteroatoms. The van der Waals surface area contributed by atoms with Crippen LogP contribution in [0.25, 0.3) is 0 Å². The molecule has 28 heavy (non-hydrogen) atoms. The molecular formula is C21H20ClN5O. The van der Waals surface area contributed by atoms with Gasteiger partial charge in [0, 0.05) is 49.3 Å². The lowest BCUT2D eigenvalue weighted by molar-refractivity contribution is 0.0746. The van der Waals surface area contributed by atoms with Crippen LogP contribution in [-0.2, 0) is 0 Å². The van der Waals surface area contributed by atoms with Crippen molar-refractivity contribution in [3.05, 3.63) is 77.7 Å². The van der Waals surface area contributed by atoms with E-state index in [1.165, 1.54) is 0 Å². The number of amides is 1. The van der Waals surface area contributed by atoms with Crippen molar-refractivity contribution in [1.82, 2.24) is 14.9 Å². The van der Waals surface area contributed by atoms with Crippen LogP contribution in [0.5, 0.6) is 0 Å². The highest BCUT2D eigenvalue weighted by molar-refractivity contribution is 6.30. The van der Waals surface area contributed by atoms with Crippen LogP contribution in [0.4, 0.5) is 17.2 Å². The molecule has 3 heterocycles. The summed E-state index contributed by atoms with van der Waals surface area (Å²) in [5.41, 5.74) is 2.23. The number of pyridine rings is 2. The fraction of sp³-hybridized carbons (Fsp3) is 0.190. The van der Waals surface area contributed by atoms with Crippen molar-refractivity contribution in [2.45, 2.75) is 0 Å². The molecule has 1 aromatic carbocycles. The first-order valence-corrected chi connectivity index (χ1v) is 9.50. The second-order valence-corrected chi connectivity index (χ2v) is 7.00. The maximum absolute atomic E-state index is 12.9. The van der Waals surface area contributed by atoms with Gasteiger partial charge in [0.15, 0.2) is 0 Å². The molecule has 0 saturated carbocycles. The number of nitrogens with one attached hydrogen (secondary N) is 1. The zero-order valence-electron chi connectivity index (χ0n) is 15.3. The summed E-state index contributed by atoms with van der Waals surface area (Å²) in [5.74, 6) is 0.943. The first kappa shape index (κ1) is 18.3. The van der Waals surface area contributed by atoms with Crippen molar-refractivity contribution in [2.75, 3.05) is 36.4 Å². The van der Waals surface area contributed by atoms with Gasteiger partial charge in [-0.2, -0.15) is 0 Å². The Morgan fingerprint density at radius 3 is 2.46 bits per heavy atom.